The first kappa shape index (κ1) is 18.7. The van der Waals surface area contributed by atoms with Crippen LogP contribution in [0, 0.1) is 0 Å². The average Bonchev–Trinajstić information content (AvgIpc) is 3.04. The largest absolute Gasteiger partial charge is 0.469 e. The highest BCUT2D eigenvalue weighted by Crippen LogP contribution is 2.19. The van der Waals surface area contributed by atoms with E-state index in [4.69, 9.17) is 4.74 Å². The van der Waals surface area contributed by atoms with Crippen LogP contribution in [0.4, 0.5) is 0 Å². The zero-order valence-corrected chi connectivity index (χ0v) is 13.8. The van der Waals surface area contributed by atoms with E-state index in [1.807, 2.05) is 37.3 Å². The van der Waals surface area contributed by atoms with Crippen LogP contribution < -0.4 is 0 Å². The Morgan fingerprint density at radius 1 is 1.26 bits per heavy atom. The number of aromatic nitrogens is 2. The molecule has 1 aromatic heterocycles. The summed E-state index contributed by atoms with van der Waals surface area (Å²) >= 11 is 0. The Hall–Kier alpha value is -2.34. The third-order valence-corrected chi connectivity index (χ3v) is 3.34. The summed E-state index contributed by atoms with van der Waals surface area (Å²) in [5.41, 5.74) is 1.41. The van der Waals surface area contributed by atoms with Crippen molar-refractivity contribution in [2.24, 2.45) is 0 Å². The van der Waals surface area contributed by atoms with Gasteiger partial charge in [0.25, 0.3) is 0 Å². The fourth-order valence-electron chi connectivity index (χ4n) is 2.07. The van der Waals surface area contributed by atoms with Crippen LogP contribution in [0.1, 0.15) is 35.4 Å². The van der Waals surface area contributed by atoms with Gasteiger partial charge >= 0.3 is 11.9 Å². The van der Waals surface area contributed by atoms with Crippen molar-refractivity contribution < 1.29 is 19.1 Å². The number of ether oxygens (including phenoxy) is 2. The quantitative estimate of drug-likeness (QED) is 0.757. The molecule has 1 atom stereocenters. The number of hydrogen-bond donors (Lipinski definition) is 0. The van der Waals surface area contributed by atoms with E-state index >= 15 is 0 Å². The summed E-state index contributed by atoms with van der Waals surface area (Å²) in [6.45, 7) is 1.96. The van der Waals surface area contributed by atoms with Gasteiger partial charge in [-0.1, -0.05) is 30.3 Å². The smallest absolute Gasteiger partial charge is 0.356 e. The minimum absolute atomic E-state index is 0. The van der Waals surface area contributed by atoms with Gasteiger partial charge in [0.1, 0.15) is 12.3 Å². The predicted molar refractivity (Wildman–Crippen MR) is 86.6 cm³/mol. The Morgan fingerprint density at radius 3 is 2.61 bits per heavy atom. The first-order chi connectivity index (χ1) is 10.6. The fraction of sp³-hybridized carbons (Fsp3) is 0.312. The fourth-order valence-corrected chi connectivity index (χ4v) is 2.07. The van der Waals surface area contributed by atoms with Crippen LogP contribution in [0.25, 0.3) is 0 Å². The molecule has 23 heavy (non-hydrogen) atoms. The van der Waals surface area contributed by atoms with E-state index in [1.54, 1.807) is 10.9 Å². The second kappa shape index (κ2) is 8.95. The molecule has 0 N–H and O–H groups in total. The van der Waals surface area contributed by atoms with E-state index in [9.17, 15) is 9.59 Å². The first-order valence-electron chi connectivity index (χ1n) is 6.94. The summed E-state index contributed by atoms with van der Waals surface area (Å²) in [6, 6.07) is 9.74. The lowest BCUT2D eigenvalue weighted by atomic mass is 10.1. The Labute approximate surface area is 140 Å². The van der Waals surface area contributed by atoms with Crippen LogP contribution in [0.3, 0.4) is 0 Å². The van der Waals surface area contributed by atoms with E-state index in [2.05, 4.69) is 9.72 Å². The lowest BCUT2D eigenvalue weighted by Crippen LogP contribution is -2.17. The average molecular weight is 339 g/mol. The van der Waals surface area contributed by atoms with E-state index in [0.717, 1.165) is 5.56 Å². The second-order valence-electron chi connectivity index (χ2n) is 4.73. The van der Waals surface area contributed by atoms with Crippen molar-refractivity contribution in [2.75, 3.05) is 13.7 Å². The highest BCUT2D eigenvalue weighted by molar-refractivity contribution is 5.87. The number of imidazole rings is 1. The number of rotatable bonds is 6. The van der Waals surface area contributed by atoms with Gasteiger partial charge in [-0.25, -0.2) is 9.78 Å². The maximum atomic E-state index is 12.1. The Balaban J connectivity index is 0.00000264. The third kappa shape index (κ3) is 4.82. The summed E-state index contributed by atoms with van der Waals surface area (Å²) in [5.74, 6) is -0.928. The summed E-state index contributed by atoms with van der Waals surface area (Å²) < 4.78 is 11.3. The molecule has 0 aliphatic heterocycles. The molecule has 7 heteroatoms. The first-order valence-corrected chi connectivity index (χ1v) is 6.94. The SMILES string of the molecule is COC(=O)CCOC(=O)c1cncn1C(C)c1ccccc1.Cl. The van der Waals surface area contributed by atoms with E-state index in [-0.39, 0.29) is 31.5 Å². The summed E-state index contributed by atoms with van der Waals surface area (Å²) in [5, 5.41) is 0. The van der Waals surface area contributed by atoms with Crippen LogP contribution in [0.5, 0.6) is 0 Å². The number of methoxy groups -OCH3 is 1. The lowest BCUT2D eigenvalue weighted by Gasteiger charge is -2.16. The molecular weight excluding hydrogens is 320 g/mol. The number of hydrogen-bond acceptors (Lipinski definition) is 5. The van der Waals surface area contributed by atoms with Gasteiger partial charge in [0, 0.05) is 0 Å². The number of carbonyl (C=O) groups is 2. The number of carbonyl (C=O) groups excluding carboxylic acids is 2. The molecule has 1 aromatic carbocycles. The molecule has 0 aliphatic carbocycles. The minimum atomic E-state index is -0.510. The van der Waals surface area contributed by atoms with Crippen molar-refractivity contribution in [3.63, 3.8) is 0 Å². The molecule has 0 radical (unpaired) electrons. The molecule has 1 heterocycles. The molecule has 0 aliphatic rings. The Morgan fingerprint density at radius 2 is 1.96 bits per heavy atom. The molecule has 0 spiro atoms. The van der Waals surface area contributed by atoms with Gasteiger partial charge in [-0.2, -0.15) is 0 Å². The van der Waals surface area contributed by atoms with Gasteiger partial charge in [0.2, 0.25) is 0 Å². The van der Waals surface area contributed by atoms with Crippen molar-refractivity contribution in [3.05, 3.63) is 54.1 Å². The standard InChI is InChI=1S/C16H18N2O4.ClH/c1-12(13-6-4-3-5-7-13)18-11-17-10-14(18)16(20)22-9-8-15(19)21-2;/h3-7,10-12H,8-9H2,1-2H3;1H. The Bertz CT molecular complexity index is 643. The molecule has 0 bridgehead atoms. The van der Waals surface area contributed by atoms with Gasteiger partial charge in [-0.15, -0.1) is 12.4 Å². The summed E-state index contributed by atoms with van der Waals surface area (Å²) in [6.07, 6.45) is 3.08. The molecule has 0 amide bonds. The molecule has 0 saturated heterocycles. The van der Waals surface area contributed by atoms with Crippen LogP contribution >= 0.6 is 12.4 Å². The highest BCUT2D eigenvalue weighted by atomic mass is 35.5. The van der Waals surface area contributed by atoms with Crippen molar-refractivity contribution >= 4 is 24.3 Å². The molecule has 6 nitrogen and oxygen atoms in total. The van der Waals surface area contributed by atoms with Gasteiger partial charge in [0.15, 0.2) is 0 Å². The molecule has 0 fully saturated rings. The van der Waals surface area contributed by atoms with Crippen LogP contribution in [-0.2, 0) is 14.3 Å². The summed E-state index contributed by atoms with van der Waals surface area (Å²) in [7, 11) is 1.29. The maximum Gasteiger partial charge on any atom is 0.356 e. The molecule has 124 valence electrons. The number of halogens is 1. The zero-order valence-electron chi connectivity index (χ0n) is 13.0. The normalized spacial score (nSPS) is 11.2. The van der Waals surface area contributed by atoms with Crippen molar-refractivity contribution in [1.29, 1.82) is 0 Å². The molecule has 2 rings (SSSR count). The number of benzene rings is 1. The maximum absolute atomic E-state index is 12.1. The number of esters is 2. The van der Waals surface area contributed by atoms with E-state index < -0.39 is 11.9 Å². The molecule has 0 saturated carbocycles. The van der Waals surface area contributed by atoms with Crippen LogP contribution in [0.2, 0.25) is 0 Å². The van der Waals surface area contributed by atoms with Gasteiger partial charge in [-0.05, 0) is 12.5 Å². The minimum Gasteiger partial charge on any atom is -0.469 e. The van der Waals surface area contributed by atoms with Crippen molar-refractivity contribution in [3.8, 4) is 0 Å². The predicted octanol–water partition coefficient (Wildman–Crippen LogP) is 2.63. The van der Waals surface area contributed by atoms with Crippen LogP contribution in [0.15, 0.2) is 42.9 Å². The number of nitrogens with zero attached hydrogens (tertiary/aromatic N) is 2. The monoisotopic (exact) mass is 338 g/mol. The topological polar surface area (TPSA) is 70.4 Å². The van der Waals surface area contributed by atoms with Gasteiger partial charge in [0.05, 0.1) is 32.1 Å². The molecule has 2 aromatic rings. The van der Waals surface area contributed by atoms with E-state index in [1.165, 1.54) is 13.3 Å². The van der Waals surface area contributed by atoms with Crippen molar-refractivity contribution in [1.82, 2.24) is 9.55 Å². The lowest BCUT2D eigenvalue weighted by molar-refractivity contribution is -0.141. The van der Waals surface area contributed by atoms with Crippen molar-refractivity contribution in [2.45, 2.75) is 19.4 Å². The van der Waals surface area contributed by atoms with Gasteiger partial charge < -0.3 is 14.0 Å². The third-order valence-electron chi connectivity index (χ3n) is 3.34. The summed E-state index contributed by atoms with van der Waals surface area (Å²) in [4.78, 5) is 27.1. The second-order valence-corrected chi connectivity index (χ2v) is 4.73. The molecule has 1 unspecified atom stereocenters. The van der Waals surface area contributed by atoms with Crippen LogP contribution in [-0.4, -0.2) is 35.2 Å². The van der Waals surface area contributed by atoms with Gasteiger partial charge in [-0.3, -0.25) is 4.79 Å². The Kier molecular flexibility index (Phi) is 7.28. The van der Waals surface area contributed by atoms with E-state index in [0.29, 0.717) is 5.69 Å². The zero-order chi connectivity index (χ0) is 15.9. The molecular formula is C16H19ClN2O4. The highest BCUT2D eigenvalue weighted by Gasteiger charge is 2.18.